The van der Waals surface area contributed by atoms with Crippen LogP contribution in [0.5, 0.6) is 0 Å². The van der Waals surface area contributed by atoms with Crippen LogP contribution in [0.1, 0.15) is 56.9 Å². The average molecular weight is 301 g/mol. The first-order valence-corrected chi connectivity index (χ1v) is 9.69. The third-order valence-corrected chi connectivity index (χ3v) is 6.95. The Morgan fingerprint density at radius 1 is 1.10 bits per heavy atom. The van der Waals surface area contributed by atoms with Crippen molar-refractivity contribution in [2.45, 2.75) is 74.0 Å². The lowest BCUT2D eigenvalue weighted by Crippen LogP contribution is -2.39. The highest BCUT2D eigenvalue weighted by Crippen LogP contribution is 2.47. The molecule has 114 valence electrons. The van der Waals surface area contributed by atoms with E-state index in [1.807, 2.05) is 0 Å². The van der Waals surface area contributed by atoms with Crippen molar-refractivity contribution in [3.8, 4) is 0 Å². The van der Waals surface area contributed by atoms with Crippen LogP contribution in [0.2, 0.25) is 0 Å². The zero-order valence-corrected chi connectivity index (χ0v) is 13.8. The lowest BCUT2D eigenvalue weighted by atomic mass is 9.70. The van der Waals surface area contributed by atoms with Gasteiger partial charge in [-0.25, -0.2) is 0 Å². The van der Waals surface area contributed by atoms with Crippen molar-refractivity contribution in [1.82, 2.24) is 5.32 Å². The molecule has 0 saturated heterocycles. The maximum atomic E-state index is 3.85. The maximum absolute atomic E-state index is 3.85. The van der Waals surface area contributed by atoms with E-state index < -0.39 is 0 Å². The zero-order valence-electron chi connectivity index (χ0n) is 12.9. The van der Waals surface area contributed by atoms with Gasteiger partial charge in [-0.05, 0) is 55.6 Å². The van der Waals surface area contributed by atoms with Crippen LogP contribution < -0.4 is 5.32 Å². The van der Waals surface area contributed by atoms with Crippen LogP contribution in [0, 0.1) is 5.41 Å². The number of rotatable bonds is 5. The lowest BCUT2D eigenvalue weighted by Gasteiger charge is -2.39. The van der Waals surface area contributed by atoms with Gasteiger partial charge < -0.3 is 5.32 Å². The van der Waals surface area contributed by atoms with Crippen LogP contribution in [0.3, 0.4) is 0 Å². The molecule has 2 heteroatoms. The second kappa shape index (κ2) is 5.96. The van der Waals surface area contributed by atoms with Gasteiger partial charge in [0, 0.05) is 22.7 Å². The van der Waals surface area contributed by atoms with Crippen molar-refractivity contribution in [1.29, 1.82) is 0 Å². The van der Waals surface area contributed by atoms with Crippen molar-refractivity contribution in [3.63, 3.8) is 0 Å². The number of fused-ring (bicyclic) bond motifs is 1. The van der Waals surface area contributed by atoms with E-state index >= 15 is 0 Å². The summed E-state index contributed by atoms with van der Waals surface area (Å²) < 4.78 is 0. The van der Waals surface area contributed by atoms with E-state index in [1.54, 1.807) is 10.5 Å². The monoisotopic (exact) mass is 301 g/mol. The highest BCUT2D eigenvalue weighted by Gasteiger charge is 2.37. The van der Waals surface area contributed by atoms with Crippen LogP contribution in [0.4, 0.5) is 0 Å². The Hall–Kier alpha value is -0.470. The Balaban J connectivity index is 1.42. The molecule has 3 aliphatic rings. The van der Waals surface area contributed by atoms with Gasteiger partial charge in [-0.15, -0.1) is 11.8 Å². The number of benzene rings is 1. The summed E-state index contributed by atoms with van der Waals surface area (Å²) in [6, 6.07) is 9.90. The fraction of sp³-hybridized carbons (Fsp3) is 0.684. The lowest BCUT2D eigenvalue weighted by molar-refractivity contribution is 0.165. The van der Waals surface area contributed by atoms with E-state index in [4.69, 9.17) is 0 Å². The van der Waals surface area contributed by atoms with Gasteiger partial charge in [0.2, 0.25) is 0 Å². The average Bonchev–Trinajstić information content (AvgIpc) is 3.25. The van der Waals surface area contributed by atoms with Crippen molar-refractivity contribution < 1.29 is 0 Å². The van der Waals surface area contributed by atoms with Crippen molar-refractivity contribution in [3.05, 3.63) is 29.8 Å². The van der Waals surface area contributed by atoms with Gasteiger partial charge in [0.15, 0.2) is 0 Å². The highest BCUT2D eigenvalue weighted by atomic mass is 32.2. The number of thioether (sulfide) groups is 1. The molecule has 1 aromatic rings. The third-order valence-electron chi connectivity index (χ3n) is 5.63. The summed E-state index contributed by atoms with van der Waals surface area (Å²) in [5, 5.41) is 4.67. The molecule has 2 saturated carbocycles. The van der Waals surface area contributed by atoms with E-state index in [9.17, 15) is 0 Å². The smallest absolute Gasteiger partial charge is 0.0141 e. The predicted molar refractivity (Wildman–Crippen MR) is 91.0 cm³/mol. The summed E-state index contributed by atoms with van der Waals surface area (Å²) in [6.07, 6.45) is 12.8. The van der Waals surface area contributed by atoms with E-state index in [-0.39, 0.29) is 0 Å². The van der Waals surface area contributed by atoms with E-state index in [1.165, 1.54) is 64.3 Å². The summed E-state index contributed by atoms with van der Waals surface area (Å²) in [6.45, 7) is 1.28. The van der Waals surface area contributed by atoms with Crippen molar-refractivity contribution in [2.24, 2.45) is 5.41 Å². The molecule has 1 aliphatic heterocycles. The van der Waals surface area contributed by atoms with Crippen LogP contribution in [-0.4, -0.2) is 17.8 Å². The second-order valence-corrected chi connectivity index (χ2v) is 8.81. The van der Waals surface area contributed by atoms with Crippen LogP contribution in [0.15, 0.2) is 29.2 Å². The predicted octanol–water partition coefficient (Wildman–Crippen LogP) is 4.80. The fourth-order valence-corrected chi connectivity index (χ4v) is 5.77. The first-order chi connectivity index (χ1) is 10.3. The molecule has 1 heterocycles. The number of hydrogen-bond donors (Lipinski definition) is 1. The van der Waals surface area contributed by atoms with Gasteiger partial charge in [-0.3, -0.25) is 0 Å². The molecule has 0 bridgehead atoms. The Bertz CT molecular complexity index is 463. The molecule has 0 aromatic heterocycles. The molecule has 1 nitrogen and oxygen atoms in total. The fourth-order valence-electron chi connectivity index (χ4n) is 4.25. The summed E-state index contributed by atoms with van der Waals surface area (Å²) >= 11 is 2.15. The Kier molecular flexibility index (Phi) is 4.02. The molecule has 4 rings (SSSR count). The van der Waals surface area contributed by atoms with Crippen molar-refractivity contribution in [2.75, 3.05) is 6.54 Å². The quantitative estimate of drug-likeness (QED) is 0.838. The first kappa shape index (κ1) is 14.1. The Morgan fingerprint density at radius 2 is 1.90 bits per heavy atom. The molecule has 1 N–H and O–H groups in total. The molecule has 0 amide bonds. The molecule has 1 aromatic carbocycles. The zero-order chi connectivity index (χ0) is 14.1. The van der Waals surface area contributed by atoms with E-state index in [2.05, 4.69) is 41.3 Å². The molecule has 21 heavy (non-hydrogen) atoms. The largest absolute Gasteiger partial charge is 0.313 e. The summed E-state index contributed by atoms with van der Waals surface area (Å²) in [4.78, 5) is 1.55. The molecule has 2 aliphatic carbocycles. The highest BCUT2D eigenvalue weighted by molar-refractivity contribution is 8.00. The standard InChI is InChI=1S/C19H27NS/c1-4-10-19(11-5-1,14-20-16-8-9-16)13-17-12-15-6-2-3-7-18(15)21-17/h2-3,6-7,16-17,20H,1,4-5,8-14H2. The van der Waals surface area contributed by atoms with Gasteiger partial charge in [-0.2, -0.15) is 0 Å². The van der Waals surface area contributed by atoms with E-state index in [0.717, 1.165) is 11.3 Å². The number of hydrogen-bond acceptors (Lipinski definition) is 2. The molecule has 0 radical (unpaired) electrons. The van der Waals surface area contributed by atoms with Crippen LogP contribution in [0.25, 0.3) is 0 Å². The maximum Gasteiger partial charge on any atom is 0.0141 e. The summed E-state index contributed by atoms with van der Waals surface area (Å²) in [7, 11) is 0. The van der Waals surface area contributed by atoms with Crippen LogP contribution >= 0.6 is 11.8 Å². The third kappa shape index (κ3) is 3.32. The normalized spacial score (nSPS) is 27.5. The summed E-state index contributed by atoms with van der Waals surface area (Å²) in [5.41, 5.74) is 2.19. The minimum atomic E-state index is 0.598. The van der Waals surface area contributed by atoms with Crippen molar-refractivity contribution >= 4 is 11.8 Å². The minimum absolute atomic E-state index is 0.598. The van der Waals surface area contributed by atoms with Gasteiger partial charge >= 0.3 is 0 Å². The van der Waals surface area contributed by atoms with E-state index in [0.29, 0.717) is 5.41 Å². The van der Waals surface area contributed by atoms with Gasteiger partial charge in [-0.1, -0.05) is 37.5 Å². The molecular weight excluding hydrogens is 274 g/mol. The minimum Gasteiger partial charge on any atom is -0.313 e. The molecule has 1 atom stereocenters. The van der Waals surface area contributed by atoms with Gasteiger partial charge in [0.05, 0.1) is 0 Å². The molecule has 0 spiro atoms. The van der Waals surface area contributed by atoms with Gasteiger partial charge in [0.25, 0.3) is 0 Å². The second-order valence-electron chi connectivity index (χ2n) is 7.47. The molecule has 2 fully saturated rings. The summed E-state index contributed by atoms with van der Waals surface area (Å²) in [5.74, 6) is 0. The topological polar surface area (TPSA) is 12.0 Å². The van der Waals surface area contributed by atoms with Crippen LogP contribution in [-0.2, 0) is 6.42 Å². The first-order valence-electron chi connectivity index (χ1n) is 8.81. The Labute approximate surface area is 133 Å². The molecular formula is C19H27NS. The SMILES string of the molecule is c1ccc2c(c1)CC(CC1(CNC3CC3)CCCCC1)S2. The Morgan fingerprint density at radius 3 is 2.67 bits per heavy atom. The van der Waals surface area contributed by atoms with Gasteiger partial charge in [0.1, 0.15) is 0 Å². The number of nitrogens with one attached hydrogen (secondary N) is 1. The molecule has 1 unspecified atom stereocenters.